The van der Waals surface area contributed by atoms with Crippen LogP contribution in [-0.2, 0) is 14.8 Å². The molecule has 6 nitrogen and oxygen atoms in total. The largest absolute Gasteiger partial charge is 0.309 e. The topological polar surface area (TPSA) is 69.7 Å². The monoisotopic (exact) mass is 279 g/mol. The fourth-order valence-electron chi connectivity index (χ4n) is 1.64. The second-order valence-electron chi connectivity index (χ2n) is 5.02. The molecule has 1 amide bonds. The zero-order valence-electron chi connectivity index (χ0n) is 11.9. The first-order chi connectivity index (χ1) is 8.13. The molecule has 108 valence electrons. The van der Waals surface area contributed by atoms with E-state index in [2.05, 4.69) is 4.90 Å². The minimum Gasteiger partial charge on any atom is -0.309 e. The van der Waals surface area contributed by atoms with E-state index in [1.165, 1.54) is 0 Å². The average Bonchev–Trinajstić information content (AvgIpc) is 2.12. The Morgan fingerprint density at radius 3 is 2.11 bits per heavy atom. The number of unbranched alkanes of at least 4 members (excludes halogenated alkanes) is 1. The van der Waals surface area contributed by atoms with Crippen LogP contribution in [0.3, 0.4) is 0 Å². The van der Waals surface area contributed by atoms with Gasteiger partial charge in [0, 0.05) is 0 Å². The molecular weight excluding hydrogens is 254 g/mol. The molecule has 0 aliphatic carbocycles. The van der Waals surface area contributed by atoms with Gasteiger partial charge >= 0.3 is 0 Å². The maximum absolute atomic E-state index is 11.8. The van der Waals surface area contributed by atoms with Gasteiger partial charge < -0.3 is 4.90 Å². The van der Waals surface area contributed by atoms with E-state index in [0.717, 1.165) is 25.6 Å². The molecule has 0 aromatic carbocycles. The summed E-state index contributed by atoms with van der Waals surface area (Å²) in [7, 11) is 4.07. The number of hydrogen-bond acceptors (Lipinski definition) is 5. The highest BCUT2D eigenvalue weighted by molar-refractivity contribution is 7.89. The molecule has 0 aliphatic heterocycles. The summed E-state index contributed by atoms with van der Waals surface area (Å²) < 4.78 is 24.1. The number of amides is 1. The summed E-state index contributed by atoms with van der Waals surface area (Å²) in [5, 5.41) is 0. The molecule has 0 saturated carbocycles. The van der Waals surface area contributed by atoms with E-state index in [9.17, 15) is 13.2 Å². The Bertz CT molecular complexity index is 353. The summed E-state index contributed by atoms with van der Waals surface area (Å²) in [6.07, 6.45) is 3.52. The van der Waals surface area contributed by atoms with E-state index in [-0.39, 0.29) is 0 Å². The number of nitrogens with one attached hydrogen (secondary N) is 1. The third-order valence-electron chi connectivity index (χ3n) is 2.54. The second kappa shape index (κ2) is 7.70. The van der Waals surface area contributed by atoms with Gasteiger partial charge in [-0.3, -0.25) is 14.4 Å². The molecule has 0 spiro atoms. The van der Waals surface area contributed by atoms with Crippen LogP contribution in [0.1, 0.15) is 19.3 Å². The molecule has 0 rings (SSSR count). The van der Waals surface area contributed by atoms with Gasteiger partial charge in [-0.05, 0) is 47.6 Å². The number of carbonyl (C=O) groups is 1. The van der Waals surface area contributed by atoms with E-state index >= 15 is 0 Å². The van der Waals surface area contributed by atoms with Gasteiger partial charge in [0.15, 0.2) is 0 Å². The van der Waals surface area contributed by atoms with Gasteiger partial charge in [-0.25, -0.2) is 8.42 Å². The van der Waals surface area contributed by atoms with Gasteiger partial charge in [-0.2, -0.15) is 0 Å². The van der Waals surface area contributed by atoms with Crippen molar-refractivity contribution >= 4 is 15.9 Å². The number of likely N-dealkylation sites (N-methyl/N-ethyl adjacent to an activating group) is 1. The molecule has 0 bridgehead atoms. The minimum atomic E-state index is -3.48. The fraction of sp³-hybridized carbons (Fsp3) is 0.909. The maximum Gasteiger partial charge on any atom is 0.250 e. The molecule has 0 saturated heterocycles. The Hall–Kier alpha value is -0.660. The quantitative estimate of drug-likeness (QED) is 0.619. The highest BCUT2D eigenvalue weighted by Gasteiger charge is 2.22. The standard InChI is InChI=1S/C11H25N3O3S/c1-13(2)9-7-6-8-10(14(3)4)11(15)12-18(5,16)17/h10H,6-9H2,1-5H3,(H,12,15). The molecular formula is C11H25N3O3S. The van der Waals surface area contributed by atoms with Gasteiger partial charge in [0.1, 0.15) is 0 Å². The molecule has 0 radical (unpaired) electrons. The van der Waals surface area contributed by atoms with E-state index in [0.29, 0.717) is 6.42 Å². The van der Waals surface area contributed by atoms with Crippen molar-refractivity contribution in [3.63, 3.8) is 0 Å². The van der Waals surface area contributed by atoms with Crippen molar-refractivity contribution in [1.82, 2.24) is 14.5 Å². The summed E-state index contributed by atoms with van der Waals surface area (Å²) in [5.74, 6) is -0.452. The minimum absolute atomic E-state index is 0.401. The Labute approximate surface area is 110 Å². The van der Waals surface area contributed by atoms with E-state index in [1.807, 2.05) is 18.8 Å². The SMILES string of the molecule is CN(C)CCCCC(C(=O)NS(C)(=O)=O)N(C)C. The maximum atomic E-state index is 11.8. The first kappa shape index (κ1) is 17.3. The Morgan fingerprint density at radius 1 is 1.17 bits per heavy atom. The first-order valence-corrected chi connectivity index (χ1v) is 7.85. The molecule has 0 aliphatic rings. The second-order valence-corrected chi connectivity index (χ2v) is 6.77. The predicted octanol–water partition coefficient (Wildman–Crippen LogP) is -0.276. The van der Waals surface area contributed by atoms with E-state index < -0.39 is 22.0 Å². The van der Waals surface area contributed by atoms with Gasteiger partial charge in [0.2, 0.25) is 10.0 Å². The zero-order valence-corrected chi connectivity index (χ0v) is 12.7. The predicted molar refractivity (Wildman–Crippen MR) is 72.9 cm³/mol. The Morgan fingerprint density at radius 2 is 1.72 bits per heavy atom. The van der Waals surface area contributed by atoms with Gasteiger partial charge in [0.05, 0.1) is 12.3 Å². The molecule has 0 fully saturated rings. The van der Waals surface area contributed by atoms with Crippen molar-refractivity contribution in [2.75, 3.05) is 41.0 Å². The Kier molecular flexibility index (Phi) is 7.42. The van der Waals surface area contributed by atoms with Crippen molar-refractivity contribution in [2.45, 2.75) is 25.3 Å². The number of nitrogens with zero attached hydrogens (tertiary/aromatic N) is 2. The van der Waals surface area contributed by atoms with Crippen LogP contribution in [-0.4, -0.2) is 71.2 Å². The van der Waals surface area contributed by atoms with Gasteiger partial charge in [0.25, 0.3) is 5.91 Å². The van der Waals surface area contributed by atoms with Crippen molar-refractivity contribution < 1.29 is 13.2 Å². The van der Waals surface area contributed by atoms with Crippen molar-refractivity contribution in [2.24, 2.45) is 0 Å². The lowest BCUT2D eigenvalue weighted by molar-refractivity contribution is -0.124. The smallest absolute Gasteiger partial charge is 0.250 e. The summed E-state index contributed by atoms with van der Waals surface area (Å²) in [6.45, 7) is 0.966. The normalized spacial score (nSPS) is 13.9. The lowest BCUT2D eigenvalue weighted by atomic mass is 10.1. The molecule has 0 aromatic heterocycles. The molecule has 0 aromatic rings. The third kappa shape index (κ3) is 8.43. The van der Waals surface area contributed by atoms with Crippen LogP contribution in [0, 0.1) is 0 Å². The molecule has 1 unspecified atom stereocenters. The number of sulfonamides is 1. The fourth-order valence-corrected chi connectivity index (χ4v) is 2.14. The van der Waals surface area contributed by atoms with Crippen LogP contribution in [0.25, 0.3) is 0 Å². The van der Waals surface area contributed by atoms with Gasteiger partial charge in [-0.1, -0.05) is 6.42 Å². The number of hydrogen-bond donors (Lipinski definition) is 1. The number of carbonyl (C=O) groups excluding carboxylic acids is 1. The highest BCUT2D eigenvalue weighted by Crippen LogP contribution is 2.07. The average molecular weight is 279 g/mol. The van der Waals surface area contributed by atoms with Crippen LogP contribution < -0.4 is 4.72 Å². The van der Waals surface area contributed by atoms with Crippen LogP contribution in [0.15, 0.2) is 0 Å². The lowest BCUT2D eigenvalue weighted by Crippen LogP contribution is -2.45. The van der Waals surface area contributed by atoms with Gasteiger partial charge in [-0.15, -0.1) is 0 Å². The van der Waals surface area contributed by atoms with Crippen molar-refractivity contribution in [3.05, 3.63) is 0 Å². The lowest BCUT2D eigenvalue weighted by Gasteiger charge is -2.23. The summed E-state index contributed by atoms with van der Waals surface area (Å²) in [5.41, 5.74) is 0. The molecule has 7 heteroatoms. The Balaban J connectivity index is 4.27. The molecule has 1 N–H and O–H groups in total. The third-order valence-corrected chi connectivity index (χ3v) is 3.12. The van der Waals surface area contributed by atoms with Crippen LogP contribution in [0.2, 0.25) is 0 Å². The van der Waals surface area contributed by atoms with E-state index in [1.54, 1.807) is 19.0 Å². The van der Waals surface area contributed by atoms with E-state index in [4.69, 9.17) is 0 Å². The van der Waals surface area contributed by atoms with Crippen LogP contribution in [0.5, 0.6) is 0 Å². The van der Waals surface area contributed by atoms with Crippen molar-refractivity contribution in [1.29, 1.82) is 0 Å². The first-order valence-electron chi connectivity index (χ1n) is 5.96. The molecule has 0 heterocycles. The molecule has 18 heavy (non-hydrogen) atoms. The van der Waals surface area contributed by atoms with Crippen LogP contribution in [0.4, 0.5) is 0 Å². The van der Waals surface area contributed by atoms with Crippen LogP contribution >= 0.6 is 0 Å². The number of rotatable bonds is 8. The highest BCUT2D eigenvalue weighted by atomic mass is 32.2. The zero-order chi connectivity index (χ0) is 14.3. The summed E-state index contributed by atoms with van der Waals surface area (Å²) in [4.78, 5) is 15.6. The molecule has 1 atom stereocenters. The summed E-state index contributed by atoms with van der Waals surface area (Å²) in [6, 6.07) is -0.401. The summed E-state index contributed by atoms with van der Waals surface area (Å²) >= 11 is 0. The van der Waals surface area contributed by atoms with Crippen molar-refractivity contribution in [3.8, 4) is 0 Å².